The topological polar surface area (TPSA) is 105 Å². The van der Waals surface area contributed by atoms with Gasteiger partial charge in [0.1, 0.15) is 0 Å². The molecule has 2 aliphatic rings. The smallest absolute Gasteiger partial charge is 0.231 e. The molecule has 0 fully saturated rings. The first-order valence-electron chi connectivity index (χ1n) is 6.94. The lowest BCUT2D eigenvalue weighted by atomic mass is 10.0. The van der Waals surface area contributed by atoms with Gasteiger partial charge >= 0.3 is 0 Å². The first kappa shape index (κ1) is 17.4. The van der Waals surface area contributed by atoms with Gasteiger partial charge in [-0.15, -0.1) is 0 Å². The Kier molecular flexibility index (Phi) is 4.67. The van der Waals surface area contributed by atoms with Crippen LogP contribution in [0.2, 0.25) is 0 Å². The van der Waals surface area contributed by atoms with E-state index in [2.05, 4.69) is 13.8 Å². The average Bonchev–Trinajstić information content (AvgIpc) is 3.00. The highest BCUT2D eigenvalue weighted by Gasteiger charge is 2.22. The molecule has 0 bridgehead atoms. The van der Waals surface area contributed by atoms with Gasteiger partial charge in [0.05, 0.1) is 33.7 Å². The van der Waals surface area contributed by atoms with Crippen LogP contribution >= 0.6 is 12.1 Å². The number of sulfonamides is 1. The van der Waals surface area contributed by atoms with Crippen molar-refractivity contribution in [1.29, 1.82) is 0 Å². The fraction of sp³-hybridized carbons (Fsp3) is 0.214. The van der Waals surface area contributed by atoms with Crippen LogP contribution < -0.4 is 9.44 Å². The Morgan fingerprint density at radius 3 is 2.71 bits per heavy atom. The molecule has 128 valence electrons. The molecule has 0 amide bonds. The molecule has 1 aliphatic heterocycles. The summed E-state index contributed by atoms with van der Waals surface area (Å²) in [6, 6.07) is 5.27. The Labute approximate surface area is 145 Å². The summed E-state index contributed by atoms with van der Waals surface area (Å²) in [5.41, 5.74) is 1.70. The lowest BCUT2D eigenvalue weighted by Gasteiger charge is -2.14. The van der Waals surface area contributed by atoms with Crippen molar-refractivity contribution in [2.45, 2.75) is 15.8 Å². The van der Waals surface area contributed by atoms with Crippen molar-refractivity contribution in [3.05, 3.63) is 48.1 Å². The number of hydrogen-bond acceptors (Lipinski definition) is 7. The average molecular weight is 385 g/mol. The molecule has 1 atom stereocenters. The lowest BCUT2D eigenvalue weighted by Crippen LogP contribution is -2.30. The highest BCUT2D eigenvalue weighted by molar-refractivity contribution is 7.96. The standard InChI is InChI=1S/C14H15N3O4S3/c1-23(18,19)11-3-2-4-12(8-11)24(20,21)15-9-10-5-6-13-14(7-10)17-22-16-13/h2-8,14-15,17H,9H2,1H3. The Bertz CT molecular complexity index is 963. The van der Waals surface area contributed by atoms with Crippen molar-refractivity contribution in [2.75, 3.05) is 12.8 Å². The van der Waals surface area contributed by atoms with Crippen LogP contribution in [0, 0.1) is 0 Å². The summed E-state index contributed by atoms with van der Waals surface area (Å²) in [6.07, 6.45) is 6.58. The van der Waals surface area contributed by atoms with Gasteiger partial charge in [0, 0.05) is 12.8 Å². The van der Waals surface area contributed by atoms with Crippen molar-refractivity contribution >= 4 is 37.7 Å². The van der Waals surface area contributed by atoms with Gasteiger partial charge in [-0.05, 0) is 29.8 Å². The maximum atomic E-state index is 12.4. The van der Waals surface area contributed by atoms with E-state index in [1.54, 1.807) is 6.08 Å². The van der Waals surface area contributed by atoms with Crippen molar-refractivity contribution in [2.24, 2.45) is 4.40 Å². The van der Waals surface area contributed by atoms with Gasteiger partial charge in [-0.25, -0.2) is 30.7 Å². The summed E-state index contributed by atoms with van der Waals surface area (Å²) in [4.78, 5) is -0.113. The van der Waals surface area contributed by atoms with Crippen LogP contribution in [0.3, 0.4) is 0 Å². The Morgan fingerprint density at radius 1 is 1.21 bits per heavy atom. The minimum Gasteiger partial charge on any atom is -0.231 e. The number of nitrogens with zero attached hydrogens (tertiary/aromatic N) is 1. The maximum absolute atomic E-state index is 12.4. The molecular formula is C14H15N3O4S3. The maximum Gasteiger partial charge on any atom is 0.240 e. The zero-order valence-corrected chi connectivity index (χ0v) is 15.1. The lowest BCUT2D eigenvalue weighted by molar-refractivity contribution is 0.584. The minimum atomic E-state index is -3.81. The fourth-order valence-corrected chi connectivity index (χ4v) is 4.66. The second-order valence-corrected chi connectivity index (χ2v) is 9.73. The normalized spacial score (nSPS) is 20.5. The summed E-state index contributed by atoms with van der Waals surface area (Å²) in [5, 5.41) is 0. The Morgan fingerprint density at radius 2 is 1.96 bits per heavy atom. The van der Waals surface area contributed by atoms with Gasteiger partial charge in [-0.1, -0.05) is 18.2 Å². The molecule has 0 saturated carbocycles. The van der Waals surface area contributed by atoms with Gasteiger partial charge in [-0.2, -0.15) is 0 Å². The molecule has 0 radical (unpaired) electrons. The van der Waals surface area contributed by atoms with Crippen LogP contribution in [0.4, 0.5) is 0 Å². The number of rotatable bonds is 5. The first-order chi connectivity index (χ1) is 11.3. The van der Waals surface area contributed by atoms with Crippen LogP contribution in [0.1, 0.15) is 0 Å². The van der Waals surface area contributed by atoms with Crippen LogP contribution in [0.25, 0.3) is 0 Å². The quantitative estimate of drug-likeness (QED) is 0.728. The SMILES string of the molecule is CS(=O)(=O)c1cccc(S(=O)(=O)NCC2=CC3NSN=C3C=C2)c1. The fourth-order valence-electron chi connectivity index (χ4n) is 2.22. The van der Waals surface area contributed by atoms with Crippen LogP contribution in [-0.2, 0) is 19.9 Å². The molecule has 1 aromatic carbocycles. The zero-order valence-electron chi connectivity index (χ0n) is 12.6. The van der Waals surface area contributed by atoms with Gasteiger partial charge < -0.3 is 0 Å². The van der Waals surface area contributed by atoms with Crippen LogP contribution in [0.5, 0.6) is 0 Å². The third-order valence-corrected chi connectivity index (χ3v) is 6.68. The van der Waals surface area contributed by atoms with E-state index in [1.165, 1.54) is 30.3 Å². The van der Waals surface area contributed by atoms with Crippen LogP contribution in [-0.4, -0.2) is 41.4 Å². The molecule has 10 heteroatoms. The Balaban J connectivity index is 1.76. The van der Waals surface area contributed by atoms with Gasteiger partial charge in [0.15, 0.2) is 9.84 Å². The highest BCUT2D eigenvalue weighted by atomic mass is 32.2. The second-order valence-electron chi connectivity index (χ2n) is 5.35. The first-order valence-corrected chi connectivity index (χ1v) is 11.1. The summed E-state index contributed by atoms with van der Waals surface area (Å²) < 4.78 is 57.6. The van der Waals surface area contributed by atoms with Crippen molar-refractivity contribution in [1.82, 2.24) is 9.44 Å². The molecule has 7 nitrogen and oxygen atoms in total. The molecule has 3 rings (SSSR count). The molecule has 0 aromatic heterocycles. The molecule has 0 saturated heterocycles. The van der Waals surface area contributed by atoms with Gasteiger partial charge in [-0.3, -0.25) is 0 Å². The summed E-state index contributed by atoms with van der Waals surface area (Å²) in [5.74, 6) is 0. The summed E-state index contributed by atoms with van der Waals surface area (Å²) in [6.45, 7) is 0.109. The van der Waals surface area contributed by atoms with E-state index in [0.29, 0.717) is 0 Å². The van der Waals surface area contributed by atoms with E-state index in [1.807, 2.05) is 12.2 Å². The predicted molar refractivity (Wildman–Crippen MR) is 93.9 cm³/mol. The van der Waals surface area contributed by atoms with Crippen molar-refractivity contribution in [3.8, 4) is 0 Å². The molecule has 1 aliphatic carbocycles. The molecule has 2 N–H and O–H groups in total. The summed E-state index contributed by atoms with van der Waals surface area (Å²) >= 11 is 1.25. The van der Waals surface area contributed by atoms with Gasteiger partial charge in [0.25, 0.3) is 0 Å². The molecule has 0 spiro atoms. The summed E-state index contributed by atoms with van der Waals surface area (Å²) in [7, 11) is -7.28. The predicted octanol–water partition coefficient (Wildman–Crippen LogP) is 0.841. The second kappa shape index (κ2) is 6.45. The number of nitrogens with one attached hydrogen (secondary N) is 2. The highest BCUT2D eigenvalue weighted by Crippen LogP contribution is 2.20. The third-order valence-electron chi connectivity index (χ3n) is 3.51. The number of benzene rings is 1. The molecule has 24 heavy (non-hydrogen) atoms. The number of hydrogen-bond donors (Lipinski definition) is 2. The molecule has 1 heterocycles. The third kappa shape index (κ3) is 3.78. The van der Waals surface area contributed by atoms with Crippen LogP contribution in [0.15, 0.2) is 62.3 Å². The van der Waals surface area contributed by atoms with Gasteiger partial charge in [0.2, 0.25) is 10.0 Å². The van der Waals surface area contributed by atoms with E-state index < -0.39 is 19.9 Å². The molecule has 1 unspecified atom stereocenters. The minimum absolute atomic E-state index is 0.0203. The molecular weight excluding hydrogens is 370 g/mol. The zero-order chi connectivity index (χ0) is 17.4. The van der Waals surface area contributed by atoms with E-state index >= 15 is 0 Å². The number of sulfone groups is 1. The monoisotopic (exact) mass is 385 g/mol. The number of fused-ring (bicyclic) bond motifs is 1. The molecule has 1 aromatic rings. The van der Waals surface area contributed by atoms with E-state index in [9.17, 15) is 16.8 Å². The van der Waals surface area contributed by atoms with E-state index in [4.69, 9.17) is 0 Å². The van der Waals surface area contributed by atoms with Crippen molar-refractivity contribution in [3.63, 3.8) is 0 Å². The van der Waals surface area contributed by atoms with Crippen molar-refractivity contribution < 1.29 is 16.8 Å². The van der Waals surface area contributed by atoms with E-state index in [0.717, 1.165) is 23.6 Å². The largest absolute Gasteiger partial charge is 0.240 e. The van der Waals surface area contributed by atoms with E-state index in [-0.39, 0.29) is 22.4 Å². The Hall–Kier alpha value is -1.46.